The standard InChI is InChI=1S/C19H15ClN2O3/c1-13-2-4-14(5-3-13)6-9-19(24)25-12-18(23)22-17-10-16(20)8-7-15(17)11-21/h2-10H,12H2,1H3,(H,22,23)/b9-6+. The number of ether oxygens (including phenoxy) is 1. The average molecular weight is 355 g/mol. The fourth-order valence-electron chi connectivity index (χ4n) is 1.93. The summed E-state index contributed by atoms with van der Waals surface area (Å²) in [5.41, 5.74) is 2.51. The first kappa shape index (κ1) is 18.2. The molecule has 0 spiro atoms. The molecule has 126 valence electrons. The summed E-state index contributed by atoms with van der Waals surface area (Å²) in [5.74, 6) is -1.20. The van der Waals surface area contributed by atoms with Crippen LogP contribution in [0, 0.1) is 18.3 Å². The van der Waals surface area contributed by atoms with Crippen LogP contribution in [0.1, 0.15) is 16.7 Å². The summed E-state index contributed by atoms with van der Waals surface area (Å²) in [6, 6.07) is 14.0. The zero-order chi connectivity index (χ0) is 18.2. The van der Waals surface area contributed by atoms with Crippen LogP contribution in [0.5, 0.6) is 0 Å². The molecule has 2 rings (SSSR count). The Labute approximate surface area is 150 Å². The highest BCUT2D eigenvalue weighted by Gasteiger charge is 2.09. The first-order valence-corrected chi connectivity index (χ1v) is 7.77. The van der Waals surface area contributed by atoms with Gasteiger partial charge in [0.1, 0.15) is 6.07 Å². The Kier molecular flexibility index (Phi) is 6.33. The first-order valence-electron chi connectivity index (χ1n) is 7.39. The second-order valence-electron chi connectivity index (χ2n) is 5.20. The van der Waals surface area contributed by atoms with Crippen LogP contribution in [0.4, 0.5) is 5.69 Å². The van der Waals surface area contributed by atoms with Gasteiger partial charge in [-0.3, -0.25) is 4.79 Å². The van der Waals surface area contributed by atoms with Gasteiger partial charge in [0.05, 0.1) is 11.3 Å². The van der Waals surface area contributed by atoms with Crippen molar-refractivity contribution in [1.29, 1.82) is 5.26 Å². The van der Waals surface area contributed by atoms with Crippen LogP contribution in [0.3, 0.4) is 0 Å². The molecule has 0 bridgehead atoms. The third kappa shape index (κ3) is 5.79. The van der Waals surface area contributed by atoms with Gasteiger partial charge in [-0.1, -0.05) is 41.4 Å². The SMILES string of the molecule is Cc1ccc(/C=C/C(=O)OCC(=O)Nc2cc(Cl)ccc2C#N)cc1. The fourth-order valence-corrected chi connectivity index (χ4v) is 2.10. The molecule has 0 unspecified atom stereocenters. The lowest BCUT2D eigenvalue weighted by atomic mass is 10.1. The van der Waals surface area contributed by atoms with E-state index in [2.05, 4.69) is 5.32 Å². The van der Waals surface area contributed by atoms with Gasteiger partial charge in [0.15, 0.2) is 6.61 Å². The van der Waals surface area contributed by atoms with E-state index >= 15 is 0 Å². The van der Waals surface area contributed by atoms with Crippen LogP contribution in [0.25, 0.3) is 6.08 Å². The number of nitrogens with one attached hydrogen (secondary N) is 1. The van der Waals surface area contributed by atoms with Crippen LogP contribution < -0.4 is 5.32 Å². The van der Waals surface area contributed by atoms with E-state index in [0.29, 0.717) is 5.02 Å². The van der Waals surface area contributed by atoms with E-state index in [1.807, 2.05) is 37.3 Å². The predicted octanol–water partition coefficient (Wildman–Crippen LogP) is 3.72. The lowest BCUT2D eigenvalue weighted by molar-refractivity contribution is -0.142. The van der Waals surface area contributed by atoms with E-state index < -0.39 is 18.5 Å². The number of hydrogen-bond donors (Lipinski definition) is 1. The molecule has 1 N–H and O–H groups in total. The maximum atomic E-state index is 11.8. The van der Waals surface area contributed by atoms with Crippen molar-refractivity contribution < 1.29 is 14.3 Å². The Balaban J connectivity index is 1.87. The Bertz CT molecular complexity index is 852. The summed E-state index contributed by atoms with van der Waals surface area (Å²) in [6.07, 6.45) is 2.85. The Morgan fingerprint density at radius 1 is 1.24 bits per heavy atom. The smallest absolute Gasteiger partial charge is 0.331 e. The molecule has 2 aromatic carbocycles. The third-order valence-electron chi connectivity index (χ3n) is 3.21. The second kappa shape index (κ2) is 8.67. The highest BCUT2D eigenvalue weighted by Crippen LogP contribution is 2.20. The molecule has 0 aromatic heterocycles. The van der Waals surface area contributed by atoms with Crippen molar-refractivity contribution in [3.63, 3.8) is 0 Å². The highest BCUT2D eigenvalue weighted by atomic mass is 35.5. The van der Waals surface area contributed by atoms with E-state index in [9.17, 15) is 9.59 Å². The molecule has 0 aliphatic carbocycles. The fraction of sp³-hybridized carbons (Fsp3) is 0.105. The Morgan fingerprint density at radius 2 is 1.96 bits per heavy atom. The van der Waals surface area contributed by atoms with Gasteiger partial charge in [-0.2, -0.15) is 5.26 Å². The van der Waals surface area contributed by atoms with Gasteiger partial charge in [0, 0.05) is 11.1 Å². The topological polar surface area (TPSA) is 79.2 Å². The van der Waals surface area contributed by atoms with Gasteiger partial charge < -0.3 is 10.1 Å². The summed E-state index contributed by atoms with van der Waals surface area (Å²) < 4.78 is 4.87. The van der Waals surface area contributed by atoms with Crippen LogP contribution in [0.2, 0.25) is 5.02 Å². The molecule has 0 fully saturated rings. The Hall–Kier alpha value is -3.10. The van der Waals surface area contributed by atoms with Crippen molar-refractivity contribution in [3.8, 4) is 6.07 Å². The number of hydrogen-bond acceptors (Lipinski definition) is 4. The zero-order valence-electron chi connectivity index (χ0n) is 13.5. The minimum Gasteiger partial charge on any atom is -0.452 e. The molecule has 0 saturated heterocycles. The molecule has 2 aromatic rings. The number of anilines is 1. The number of esters is 1. The Morgan fingerprint density at radius 3 is 2.64 bits per heavy atom. The van der Waals surface area contributed by atoms with Gasteiger partial charge >= 0.3 is 5.97 Å². The summed E-state index contributed by atoms with van der Waals surface area (Å²) in [7, 11) is 0. The van der Waals surface area contributed by atoms with Crippen LogP contribution >= 0.6 is 11.6 Å². The van der Waals surface area contributed by atoms with Crippen molar-refractivity contribution >= 4 is 35.2 Å². The van der Waals surface area contributed by atoms with E-state index in [1.165, 1.54) is 18.2 Å². The number of carbonyl (C=O) groups is 2. The van der Waals surface area contributed by atoms with Gasteiger partial charge in [0.25, 0.3) is 5.91 Å². The van der Waals surface area contributed by atoms with Gasteiger partial charge in [-0.25, -0.2) is 4.79 Å². The van der Waals surface area contributed by atoms with Crippen molar-refractivity contribution in [2.45, 2.75) is 6.92 Å². The van der Waals surface area contributed by atoms with Crippen molar-refractivity contribution in [3.05, 3.63) is 70.3 Å². The van der Waals surface area contributed by atoms with Crippen molar-refractivity contribution in [2.24, 2.45) is 0 Å². The third-order valence-corrected chi connectivity index (χ3v) is 3.45. The quantitative estimate of drug-likeness (QED) is 0.655. The normalized spacial score (nSPS) is 10.3. The zero-order valence-corrected chi connectivity index (χ0v) is 14.2. The summed E-state index contributed by atoms with van der Waals surface area (Å²) in [5, 5.41) is 11.9. The lowest BCUT2D eigenvalue weighted by Crippen LogP contribution is -2.20. The lowest BCUT2D eigenvalue weighted by Gasteiger charge is -2.07. The molecule has 0 radical (unpaired) electrons. The largest absolute Gasteiger partial charge is 0.452 e. The highest BCUT2D eigenvalue weighted by molar-refractivity contribution is 6.31. The monoisotopic (exact) mass is 354 g/mol. The minimum atomic E-state index is -0.637. The molecular weight excluding hydrogens is 340 g/mol. The number of amides is 1. The molecule has 0 saturated carbocycles. The molecule has 0 heterocycles. The van der Waals surface area contributed by atoms with Crippen LogP contribution in [0.15, 0.2) is 48.5 Å². The minimum absolute atomic E-state index is 0.267. The van der Waals surface area contributed by atoms with Gasteiger partial charge in [-0.05, 0) is 36.8 Å². The van der Waals surface area contributed by atoms with E-state index in [0.717, 1.165) is 11.1 Å². The van der Waals surface area contributed by atoms with Crippen LogP contribution in [-0.2, 0) is 14.3 Å². The van der Waals surface area contributed by atoms with Crippen molar-refractivity contribution in [1.82, 2.24) is 0 Å². The number of nitrogens with zero attached hydrogens (tertiary/aromatic N) is 1. The molecular formula is C19H15ClN2O3. The number of halogens is 1. The number of nitriles is 1. The number of aryl methyl sites for hydroxylation is 1. The van der Waals surface area contributed by atoms with E-state index in [1.54, 1.807) is 12.1 Å². The average Bonchev–Trinajstić information content (AvgIpc) is 2.59. The molecule has 1 amide bonds. The summed E-state index contributed by atoms with van der Waals surface area (Å²) >= 11 is 5.84. The molecule has 0 aliphatic heterocycles. The summed E-state index contributed by atoms with van der Waals surface area (Å²) in [6.45, 7) is 1.51. The maximum absolute atomic E-state index is 11.8. The number of carbonyl (C=O) groups excluding carboxylic acids is 2. The van der Waals surface area contributed by atoms with E-state index in [-0.39, 0.29) is 11.3 Å². The number of rotatable bonds is 5. The first-order chi connectivity index (χ1) is 12.0. The van der Waals surface area contributed by atoms with Gasteiger partial charge in [-0.15, -0.1) is 0 Å². The maximum Gasteiger partial charge on any atom is 0.331 e. The molecule has 25 heavy (non-hydrogen) atoms. The van der Waals surface area contributed by atoms with Crippen molar-refractivity contribution in [2.75, 3.05) is 11.9 Å². The van der Waals surface area contributed by atoms with Crippen LogP contribution in [-0.4, -0.2) is 18.5 Å². The molecule has 5 nitrogen and oxygen atoms in total. The van der Waals surface area contributed by atoms with Gasteiger partial charge in [0.2, 0.25) is 0 Å². The van der Waals surface area contributed by atoms with E-state index in [4.69, 9.17) is 21.6 Å². The number of benzene rings is 2. The second-order valence-corrected chi connectivity index (χ2v) is 5.64. The molecule has 0 atom stereocenters. The molecule has 6 heteroatoms. The summed E-state index contributed by atoms with van der Waals surface area (Å²) in [4.78, 5) is 23.5. The predicted molar refractivity (Wildman–Crippen MR) is 96.0 cm³/mol. The molecule has 0 aliphatic rings.